The summed E-state index contributed by atoms with van der Waals surface area (Å²) in [5.74, 6) is -1.08. The van der Waals surface area contributed by atoms with E-state index < -0.39 is 5.97 Å². The van der Waals surface area contributed by atoms with E-state index in [0.717, 1.165) is 10.1 Å². The van der Waals surface area contributed by atoms with E-state index >= 15 is 0 Å². The quantitative estimate of drug-likeness (QED) is 0.607. The zero-order chi connectivity index (χ0) is 16.8. The fourth-order valence-electron chi connectivity index (χ4n) is 2.89. The summed E-state index contributed by atoms with van der Waals surface area (Å²) < 4.78 is 1.98. The molecule has 3 aromatic heterocycles. The molecule has 0 radical (unpaired) electrons. The molecule has 24 heavy (non-hydrogen) atoms. The van der Waals surface area contributed by atoms with Crippen LogP contribution in [0.1, 0.15) is 16.1 Å². The third-order valence-corrected chi connectivity index (χ3v) is 4.93. The van der Waals surface area contributed by atoms with Crippen molar-refractivity contribution in [3.63, 3.8) is 0 Å². The Labute approximate surface area is 140 Å². The van der Waals surface area contributed by atoms with Gasteiger partial charge in [-0.25, -0.2) is 4.79 Å². The van der Waals surface area contributed by atoms with Crippen LogP contribution in [-0.4, -0.2) is 20.7 Å². The Bertz CT molecular complexity index is 1160. The number of aryl methyl sites for hydroxylation is 1. The molecule has 1 aromatic carbocycles. The minimum absolute atomic E-state index is 0.0772. The van der Waals surface area contributed by atoms with Crippen LogP contribution >= 0.6 is 11.3 Å². The standard InChI is InChI=1S/C18H12N2O3S/c1-10-12-7-8-24-16(12)15-14(18(22)23)9-13(17(21)20(15)19-10)11-5-3-2-4-6-11/h2-9H,1H3,(H,22,23). The highest BCUT2D eigenvalue weighted by Crippen LogP contribution is 2.30. The van der Waals surface area contributed by atoms with Crippen molar-refractivity contribution in [2.24, 2.45) is 0 Å². The van der Waals surface area contributed by atoms with Crippen molar-refractivity contribution in [2.75, 3.05) is 0 Å². The zero-order valence-corrected chi connectivity index (χ0v) is 13.5. The smallest absolute Gasteiger partial charge is 0.337 e. The minimum atomic E-state index is -1.08. The molecular formula is C18H12N2O3S. The molecule has 0 spiro atoms. The van der Waals surface area contributed by atoms with Crippen molar-refractivity contribution in [1.29, 1.82) is 0 Å². The Morgan fingerprint density at radius 1 is 1.21 bits per heavy atom. The third-order valence-electron chi connectivity index (χ3n) is 4.01. The molecule has 0 unspecified atom stereocenters. The van der Waals surface area contributed by atoms with Gasteiger partial charge in [0.15, 0.2) is 0 Å². The molecule has 6 heteroatoms. The van der Waals surface area contributed by atoms with Gasteiger partial charge in [0.1, 0.15) is 5.52 Å². The van der Waals surface area contributed by atoms with Crippen molar-refractivity contribution in [3.8, 4) is 11.1 Å². The highest BCUT2D eigenvalue weighted by atomic mass is 32.1. The molecule has 4 aromatic rings. The summed E-state index contributed by atoms with van der Waals surface area (Å²) in [5.41, 5.74) is 1.80. The molecule has 0 aliphatic heterocycles. The number of rotatable bonds is 2. The molecular weight excluding hydrogens is 324 g/mol. The predicted octanol–water partition coefficient (Wildman–Crippen LogP) is 3.58. The second-order valence-electron chi connectivity index (χ2n) is 5.46. The molecule has 3 heterocycles. The Morgan fingerprint density at radius 3 is 2.67 bits per heavy atom. The molecule has 5 nitrogen and oxygen atoms in total. The van der Waals surface area contributed by atoms with Gasteiger partial charge in [0.25, 0.3) is 5.56 Å². The van der Waals surface area contributed by atoms with Gasteiger partial charge in [-0.05, 0) is 30.0 Å². The normalized spacial score (nSPS) is 11.2. The van der Waals surface area contributed by atoms with Gasteiger partial charge >= 0.3 is 5.97 Å². The van der Waals surface area contributed by atoms with E-state index in [1.807, 2.05) is 36.6 Å². The highest BCUT2D eigenvalue weighted by molar-refractivity contribution is 7.18. The van der Waals surface area contributed by atoms with E-state index in [4.69, 9.17) is 0 Å². The molecule has 0 saturated heterocycles. The van der Waals surface area contributed by atoms with Gasteiger partial charge in [0, 0.05) is 10.9 Å². The van der Waals surface area contributed by atoms with Crippen LogP contribution < -0.4 is 5.56 Å². The maximum Gasteiger partial charge on any atom is 0.337 e. The average molecular weight is 336 g/mol. The summed E-state index contributed by atoms with van der Waals surface area (Å²) in [5, 5.41) is 16.8. The molecule has 118 valence electrons. The number of aromatic nitrogens is 2. The first kappa shape index (κ1) is 14.6. The largest absolute Gasteiger partial charge is 0.478 e. The molecule has 1 N–H and O–H groups in total. The van der Waals surface area contributed by atoms with Gasteiger partial charge in [-0.1, -0.05) is 30.3 Å². The van der Waals surface area contributed by atoms with E-state index in [-0.39, 0.29) is 11.1 Å². The lowest BCUT2D eigenvalue weighted by molar-refractivity contribution is 0.0698. The molecule has 0 bridgehead atoms. The monoisotopic (exact) mass is 336 g/mol. The lowest BCUT2D eigenvalue weighted by Crippen LogP contribution is -2.21. The highest BCUT2D eigenvalue weighted by Gasteiger charge is 2.20. The molecule has 0 amide bonds. The average Bonchev–Trinajstić information content (AvgIpc) is 3.07. The molecule has 0 atom stereocenters. The summed E-state index contributed by atoms with van der Waals surface area (Å²) >= 11 is 1.41. The number of aromatic carboxylic acids is 1. The zero-order valence-electron chi connectivity index (χ0n) is 12.7. The van der Waals surface area contributed by atoms with Crippen LogP contribution in [-0.2, 0) is 0 Å². The number of carboxylic acid groups (broad SMARTS) is 1. The molecule has 0 fully saturated rings. The van der Waals surface area contributed by atoms with Gasteiger partial charge in [-0.3, -0.25) is 4.79 Å². The van der Waals surface area contributed by atoms with Gasteiger partial charge in [0.2, 0.25) is 0 Å². The lowest BCUT2D eigenvalue weighted by atomic mass is 10.0. The van der Waals surface area contributed by atoms with Gasteiger partial charge in [0.05, 0.1) is 16.0 Å². The number of carbonyl (C=O) groups is 1. The SMILES string of the molecule is Cc1nn2c(=O)c(-c3ccccc3)cc(C(=O)O)c2c2sccc12. The van der Waals surface area contributed by atoms with Crippen LogP contribution in [0.2, 0.25) is 0 Å². The Hall–Kier alpha value is -2.99. The molecule has 4 rings (SSSR count). The van der Waals surface area contributed by atoms with Gasteiger partial charge < -0.3 is 5.11 Å². The van der Waals surface area contributed by atoms with E-state index in [9.17, 15) is 14.7 Å². The second-order valence-corrected chi connectivity index (χ2v) is 6.37. The second kappa shape index (κ2) is 5.28. The first-order valence-electron chi connectivity index (χ1n) is 7.30. The van der Waals surface area contributed by atoms with Gasteiger partial charge in [-0.2, -0.15) is 9.61 Å². The number of fused-ring (bicyclic) bond motifs is 3. The topological polar surface area (TPSA) is 71.7 Å². The van der Waals surface area contributed by atoms with Crippen LogP contribution in [0.4, 0.5) is 0 Å². The summed E-state index contributed by atoms with van der Waals surface area (Å²) in [6.07, 6.45) is 0. The summed E-state index contributed by atoms with van der Waals surface area (Å²) in [6, 6.07) is 12.4. The number of pyridine rings is 1. The number of hydrogen-bond donors (Lipinski definition) is 1. The van der Waals surface area contributed by atoms with Crippen LogP contribution in [0.3, 0.4) is 0 Å². The first-order chi connectivity index (χ1) is 11.6. The number of thiophene rings is 1. The van der Waals surface area contributed by atoms with Crippen LogP contribution in [0.5, 0.6) is 0 Å². The van der Waals surface area contributed by atoms with E-state index in [2.05, 4.69) is 5.10 Å². The molecule has 0 aliphatic rings. The van der Waals surface area contributed by atoms with Crippen LogP contribution in [0.25, 0.3) is 26.7 Å². The third kappa shape index (κ3) is 2.04. The van der Waals surface area contributed by atoms with E-state index in [1.54, 1.807) is 12.1 Å². The summed E-state index contributed by atoms with van der Waals surface area (Å²) in [6.45, 7) is 1.82. The Balaban J connectivity index is 2.24. The summed E-state index contributed by atoms with van der Waals surface area (Å²) in [4.78, 5) is 24.8. The predicted molar refractivity (Wildman–Crippen MR) is 94.0 cm³/mol. The van der Waals surface area contributed by atoms with Crippen LogP contribution in [0.15, 0.2) is 52.6 Å². The van der Waals surface area contributed by atoms with Crippen molar-refractivity contribution in [2.45, 2.75) is 6.92 Å². The van der Waals surface area contributed by atoms with Crippen LogP contribution in [0, 0.1) is 6.92 Å². The fraction of sp³-hybridized carbons (Fsp3) is 0.0556. The van der Waals surface area contributed by atoms with Crippen molar-refractivity contribution >= 4 is 32.9 Å². The van der Waals surface area contributed by atoms with Crippen molar-refractivity contribution in [3.05, 3.63) is 69.5 Å². The molecule has 0 saturated carbocycles. The van der Waals surface area contributed by atoms with E-state index in [0.29, 0.717) is 22.3 Å². The number of benzene rings is 1. The Morgan fingerprint density at radius 2 is 1.96 bits per heavy atom. The summed E-state index contributed by atoms with van der Waals surface area (Å²) in [7, 11) is 0. The maximum atomic E-state index is 12.9. The number of carboxylic acids is 1. The van der Waals surface area contributed by atoms with Crippen molar-refractivity contribution < 1.29 is 9.90 Å². The first-order valence-corrected chi connectivity index (χ1v) is 8.18. The van der Waals surface area contributed by atoms with Gasteiger partial charge in [-0.15, -0.1) is 11.3 Å². The Kier molecular flexibility index (Phi) is 3.21. The van der Waals surface area contributed by atoms with E-state index in [1.165, 1.54) is 21.9 Å². The number of hydrogen-bond acceptors (Lipinski definition) is 4. The van der Waals surface area contributed by atoms with Crippen molar-refractivity contribution in [1.82, 2.24) is 9.61 Å². The fourth-order valence-corrected chi connectivity index (χ4v) is 3.88. The maximum absolute atomic E-state index is 12.9. The number of nitrogens with zero attached hydrogens (tertiary/aromatic N) is 2. The molecule has 0 aliphatic carbocycles. The minimum Gasteiger partial charge on any atom is -0.478 e. The lowest BCUT2D eigenvalue weighted by Gasteiger charge is -2.10.